The number of hydrogen-bond donors (Lipinski definition) is 0. The van der Waals surface area contributed by atoms with Gasteiger partial charge in [0.2, 0.25) is 0 Å². The normalized spacial score (nSPS) is 18.5. The second-order valence-corrected chi connectivity index (χ2v) is 5.51. The lowest BCUT2D eigenvalue weighted by Gasteiger charge is -2.21. The van der Waals surface area contributed by atoms with Crippen molar-refractivity contribution in [2.24, 2.45) is 5.92 Å². The number of benzene rings is 1. The zero-order valence-electron chi connectivity index (χ0n) is 12.1. The van der Waals surface area contributed by atoms with Crippen LogP contribution in [0.4, 0.5) is 0 Å². The van der Waals surface area contributed by atoms with Crippen LogP contribution in [0.1, 0.15) is 46.4 Å². The number of carbonyl (C=O) groups excluding carboxylic acids is 3. The monoisotopic (exact) mass is 303 g/mol. The number of hydrogen-bond acceptors (Lipinski definition) is 5. The van der Waals surface area contributed by atoms with Crippen molar-refractivity contribution in [1.29, 1.82) is 0 Å². The van der Waals surface area contributed by atoms with Gasteiger partial charge in [-0.15, -0.1) is 0 Å². The lowest BCUT2D eigenvalue weighted by Crippen LogP contribution is -2.32. The topological polar surface area (TPSA) is 72.9 Å². The first-order chi connectivity index (χ1) is 10.7. The molecule has 2 amide bonds. The molecular formula is C16H17NO5. The largest absolute Gasteiger partial charge is 0.381 e. The van der Waals surface area contributed by atoms with Crippen LogP contribution in [0, 0.1) is 5.92 Å². The van der Waals surface area contributed by atoms with E-state index in [1.807, 2.05) is 0 Å². The molecule has 0 aliphatic carbocycles. The molecule has 0 spiro atoms. The molecule has 0 atom stereocenters. The molecule has 116 valence electrons. The van der Waals surface area contributed by atoms with Crippen LogP contribution in [-0.4, -0.2) is 36.1 Å². The Labute approximate surface area is 127 Å². The molecule has 0 N–H and O–H groups in total. The van der Waals surface area contributed by atoms with Crippen molar-refractivity contribution in [3.8, 4) is 0 Å². The van der Waals surface area contributed by atoms with Crippen LogP contribution >= 0.6 is 0 Å². The summed E-state index contributed by atoms with van der Waals surface area (Å²) in [6.45, 7) is 1.44. The highest BCUT2D eigenvalue weighted by Crippen LogP contribution is 2.24. The highest BCUT2D eigenvalue weighted by Gasteiger charge is 2.38. The summed E-state index contributed by atoms with van der Waals surface area (Å²) >= 11 is 0. The zero-order chi connectivity index (χ0) is 15.5. The van der Waals surface area contributed by atoms with Gasteiger partial charge in [-0.2, -0.15) is 0 Å². The summed E-state index contributed by atoms with van der Waals surface area (Å²) in [6.07, 6.45) is 2.74. The first-order valence-electron chi connectivity index (χ1n) is 7.43. The summed E-state index contributed by atoms with van der Waals surface area (Å²) in [5.74, 6) is -1.29. The quantitative estimate of drug-likeness (QED) is 0.795. The zero-order valence-corrected chi connectivity index (χ0v) is 12.1. The fraction of sp³-hybridized carbons (Fsp3) is 0.438. The van der Waals surface area contributed by atoms with Crippen LogP contribution < -0.4 is 0 Å². The molecule has 1 saturated heterocycles. The minimum Gasteiger partial charge on any atom is -0.381 e. The van der Waals surface area contributed by atoms with E-state index in [9.17, 15) is 14.4 Å². The second-order valence-electron chi connectivity index (χ2n) is 5.51. The van der Waals surface area contributed by atoms with Crippen molar-refractivity contribution in [1.82, 2.24) is 5.06 Å². The van der Waals surface area contributed by atoms with Crippen molar-refractivity contribution in [3.05, 3.63) is 35.4 Å². The molecule has 2 aliphatic rings. The molecule has 22 heavy (non-hydrogen) atoms. The second kappa shape index (κ2) is 6.27. The Morgan fingerprint density at radius 2 is 1.73 bits per heavy atom. The summed E-state index contributed by atoms with van der Waals surface area (Å²) < 4.78 is 5.26. The molecule has 1 aromatic rings. The van der Waals surface area contributed by atoms with Gasteiger partial charge in [-0.25, -0.2) is 4.79 Å². The Morgan fingerprint density at radius 3 is 2.32 bits per heavy atom. The average molecular weight is 303 g/mol. The molecule has 6 nitrogen and oxygen atoms in total. The van der Waals surface area contributed by atoms with E-state index in [0.29, 0.717) is 17.4 Å². The van der Waals surface area contributed by atoms with Crippen LogP contribution in [-0.2, 0) is 14.4 Å². The summed E-state index contributed by atoms with van der Waals surface area (Å²) in [4.78, 5) is 41.0. The third-order valence-corrected chi connectivity index (χ3v) is 4.05. The van der Waals surface area contributed by atoms with Crippen molar-refractivity contribution in [2.45, 2.75) is 25.7 Å². The molecule has 1 fully saturated rings. The Kier molecular flexibility index (Phi) is 4.20. The predicted molar refractivity (Wildman–Crippen MR) is 75.8 cm³/mol. The van der Waals surface area contributed by atoms with E-state index in [-0.39, 0.29) is 17.5 Å². The van der Waals surface area contributed by atoms with Gasteiger partial charge >= 0.3 is 5.97 Å². The third kappa shape index (κ3) is 2.87. The number of ether oxygens (including phenoxy) is 1. The average Bonchev–Trinajstić information content (AvgIpc) is 2.79. The molecule has 0 radical (unpaired) electrons. The predicted octanol–water partition coefficient (Wildman–Crippen LogP) is 1.95. The van der Waals surface area contributed by atoms with Gasteiger partial charge in [-0.05, 0) is 37.3 Å². The lowest BCUT2D eigenvalue weighted by atomic mass is 9.95. The summed E-state index contributed by atoms with van der Waals surface area (Å²) in [6, 6.07) is 6.43. The minimum atomic E-state index is -0.583. The van der Waals surface area contributed by atoms with Gasteiger partial charge in [0.05, 0.1) is 11.1 Å². The van der Waals surface area contributed by atoms with Crippen molar-refractivity contribution in [3.63, 3.8) is 0 Å². The number of amides is 2. The van der Waals surface area contributed by atoms with Crippen LogP contribution in [0.5, 0.6) is 0 Å². The Bertz CT molecular complexity index is 571. The molecule has 2 aliphatic heterocycles. The van der Waals surface area contributed by atoms with Crippen LogP contribution in [0.3, 0.4) is 0 Å². The molecule has 0 bridgehead atoms. The molecule has 0 saturated carbocycles. The van der Waals surface area contributed by atoms with E-state index >= 15 is 0 Å². The third-order valence-electron chi connectivity index (χ3n) is 4.05. The maximum atomic E-state index is 12.1. The molecule has 2 heterocycles. The van der Waals surface area contributed by atoms with Gasteiger partial charge in [0.15, 0.2) is 0 Å². The molecular weight excluding hydrogens is 286 g/mol. The maximum Gasteiger partial charge on any atom is 0.333 e. The fourth-order valence-corrected chi connectivity index (χ4v) is 2.75. The van der Waals surface area contributed by atoms with E-state index in [0.717, 1.165) is 26.1 Å². The van der Waals surface area contributed by atoms with Gasteiger partial charge in [0.25, 0.3) is 11.8 Å². The van der Waals surface area contributed by atoms with Crippen molar-refractivity contribution < 1.29 is 24.0 Å². The Hall–Kier alpha value is -2.21. The maximum absolute atomic E-state index is 12.1. The van der Waals surface area contributed by atoms with E-state index < -0.39 is 17.8 Å². The molecule has 0 unspecified atom stereocenters. The number of fused-ring (bicyclic) bond motifs is 1. The first kappa shape index (κ1) is 14.7. The van der Waals surface area contributed by atoms with E-state index in [1.54, 1.807) is 24.3 Å². The lowest BCUT2D eigenvalue weighted by molar-refractivity contribution is -0.169. The van der Waals surface area contributed by atoms with Gasteiger partial charge in [-0.3, -0.25) is 9.59 Å². The fourth-order valence-electron chi connectivity index (χ4n) is 2.75. The summed E-state index contributed by atoms with van der Waals surface area (Å²) in [5.41, 5.74) is 0.537. The van der Waals surface area contributed by atoms with Gasteiger partial charge in [0, 0.05) is 19.6 Å². The SMILES string of the molecule is O=C(CCC1CCOCC1)ON1C(=O)c2ccccc2C1=O. The van der Waals surface area contributed by atoms with Crippen molar-refractivity contribution >= 4 is 17.8 Å². The summed E-state index contributed by atoms with van der Waals surface area (Å²) in [7, 11) is 0. The van der Waals surface area contributed by atoms with Crippen molar-refractivity contribution in [2.75, 3.05) is 13.2 Å². The first-order valence-corrected chi connectivity index (χ1v) is 7.43. The molecule has 6 heteroatoms. The minimum absolute atomic E-state index is 0.193. The van der Waals surface area contributed by atoms with Gasteiger partial charge in [0.1, 0.15) is 0 Å². The van der Waals surface area contributed by atoms with Gasteiger partial charge in [-0.1, -0.05) is 17.2 Å². The Balaban J connectivity index is 1.56. The highest BCUT2D eigenvalue weighted by atomic mass is 16.7. The number of nitrogens with zero attached hydrogens (tertiary/aromatic N) is 1. The van der Waals surface area contributed by atoms with Crippen LogP contribution in [0.25, 0.3) is 0 Å². The number of carbonyl (C=O) groups is 3. The van der Waals surface area contributed by atoms with E-state index in [2.05, 4.69) is 0 Å². The smallest absolute Gasteiger partial charge is 0.333 e. The molecule has 0 aromatic heterocycles. The highest BCUT2D eigenvalue weighted by molar-refractivity contribution is 6.20. The number of rotatable bonds is 4. The van der Waals surface area contributed by atoms with Crippen LogP contribution in [0.15, 0.2) is 24.3 Å². The summed E-state index contributed by atoms with van der Waals surface area (Å²) in [5, 5.41) is 0.566. The Morgan fingerprint density at radius 1 is 1.14 bits per heavy atom. The number of hydroxylamine groups is 2. The molecule has 1 aromatic carbocycles. The van der Waals surface area contributed by atoms with E-state index in [4.69, 9.17) is 9.57 Å². The molecule has 3 rings (SSSR count). The van der Waals surface area contributed by atoms with E-state index in [1.165, 1.54) is 0 Å². The van der Waals surface area contributed by atoms with Crippen LogP contribution in [0.2, 0.25) is 0 Å². The van der Waals surface area contributed by atoms with Gasteiger partial charge < -0.3 is 9.57 Å². The standard InChI is InChI=1S/C16H17NO5/c18-14(6-5-11-7-9-21-10-8-11)22-17-15(19)12-3-1-2-4-13(12)16(17)20/h1-4,11H,5-10H2. The number of imide groups is 1.